The average Bonchev–Trinajstić information content (AvgIpc) is 2.89. The molecule has 0 atom stereocenters. The van der Waals surface area contributed by atoms with Crippen LogP contribution in [0.4, 0.5) is 0 Å². The molecule has 1 N–H and O–H groups in total. The van der Waals surface area contributed by atoms with Crippen LogP contribution in [0.3, 0.4) is 0 Å². The van der Waals surface area contributed by atoms with Gasteiger partial charge in [-0.25, -0.2) is 0 Å². The molecule has 0 unspecified atom stereocenters. The molecule has 41 heavy (non-hydrogen) atoms. The predicted octanol–water partition coefficient (Wildman–Crippen LogP) is 10.7. The number of benzene rings is 2. The van der Waals surface area contributed by atoms with Crippen molar-refractivity contribution in [2.45, 2.75) is 84.4 Å². The molecule has 4 aromatic rings. The van der Waals surface area contributed by atoms with Crippen molar-refractivity contribution in [2.75, 3.05) is 0 Å². The van der Waals surface area contributed by atoms with E-state index in [9.17, 15) is 5.11 Å². The number of rotatable bonds is 4. The smallest absolute Gasteiger partial charge is 0.250 e. The van der Waals surface area contributed by atoms with Gasteiger partial charge in [0.2, 0.25) is 8.32 Å². The zero-order chi connectivity index (χ0) is 30.9. The van der Waals surface area contributed by atoms with Gasteiger partial charge in [0, 0.05) is 31.6 Å². The van der Waals surface area contributed by atoms with Crippen molar-refractivity contribution in [3.8, 4) is 34.0 Å². The molecular weight excluding hydrogens is 537 g/mol. The first-order valence-corrected chi connectivity index (χ1v) is 20.7. The molecular formula is C35H50N2O2Si2. The predicted molar refractivity (Wildman–Crippen MR) is 182 cm³/mol. The molecule has 0 aliphatic carbocycles. The zero-order valence-electron chi connectivity index (χ0n) is 27.0. The van der Waals surface area contributed by atoms with Gasteiger partial charge in [-0.15, -0.1) is 0 Å². The number of nitrogens with zero attached hydrogens (tertiary/aromatic N) is 2. The highest BCUT2D eigenvalue weighted by molar-refractivity contribution is 6.78. The number of hydrogen-bond donors (Lipinski definition) is 1. The second kappa shape index (κ2) is 14.1. The molecule has 4 rings (SSSR count). The number of hydrogen-bond acceptors (Lipinski definition) is 4. The molecule has 6 heteroatoms. The van der Waals surface area contributed by atoms with E-state index in [-0.39, 0.29) is 10.8 Å². The summed E-state index contributed by atoms with van der Waals surface area (Å²) in [6, 6.07) is 26.9. The molecule has 0 saturated carbocycles. The molecule has 2 aromatic carbocycles. The van der Waals surface area contributed by atoms with Crippen LogP contribution in [0.2, 0.25) is 42.8 Å². The van der Waals surface area contributed by atoms with Gasteiger partial charge in [0.15, 0.2) is 0 Å². The Morgan fingerprint density at radius 2 is 1.05 bits per heavy atom. The zero-order valence-corrected chi connectivity index (χ0v) is 29.0. The molecule has 0 amide bonds. The van der Waals surface area contributed by atoms with E-state index in [1.165, 1.54) is 0 Å². The van der Waals surface area contributed by atoms with Crippen molar-refractivity contribution in [3.63, 3.8) is 0 Å². The summed E-state index contributed by atoms with van der Waals surface area (Å²) < 4.78 is 6.34. The number of aromatic nitrogens is 2. The van der Waals surface area contributed by atoms with E-state index >= 15 is 0 Å². The van der Waals surface area contributed by atoms with Crippen LogP contribution in [-0.2, 0) is 0 Å². The minimum absolute atomic E-state index is 0.202. The standard InChI is InChI=1S/C17H23NOSi.C11H9NO.C7H18Si/c1-17(2,3)20(4,5)19-15-10-8-9-14(13-15)16-11-6-7-12-18-16;13-10-5-3-4-9(8-10)11-6-1-2-7-12-11;1-7(2,3)8(4,5)6/h6-13H,1-5H3;1-8,13H;1-6H3. The van der Waals surface area contributed by atoms with Crippen LogP contribution in [0.5, 0.6) is 11.5 Å². The van der Waals surface area contributed by atoms with Crippen LogP contribution < -0.4 is 4.43 Å². The summed E-state index contributed by atoms with van der Waals surface area (Å²) in [4.78, 5) is 8.57. The first kappa shape index (κ1) is 34.0. The Balaban J connectivity index is 0.000000240. The maximum absolute atomic E-state index is 9.25. The van der Waals surface area contributed by atoms with Crippen LogP contribution in [0, 0.1) is 0 Å². The van der Waals surface area contributed by atoms with E-state index in [0.717, 1.165) is 28.3 Å². The molecule has 0 fully saturated rings. The maximum Gasteiger partial charge on any atom is 0.250 e. The Labute approximate surface area is 251 Å². The number of phenolic OH excluding ortho intramolecular Hbond substituents is 1. The molecule has 4 nitrogen and oxygen atoms in total. The van der Waals surface area contributed by atoms with Crippen LogP contribution in [0.25, 0.3) is 22.5 Å². The fourth-order valence-corrected chi connectivity index (χ4v) is 3.92. The largest absolute Gasteiger partial charge is 0.543 e. The molecule has 0 bridgehead atoms. The summed E-state index contributed by atoms with van der Waals surface area (Å²) in [6.45, 7) is 25.5. The highest BCUT2D eigenvalue weighted by atomic mass is 28.4. The van der Waals surface area contributed by atoms with Crippen LogP contribution in [-0.4, -0.2) is 31.5 Å². The van der Waals surface area contributed by atoms with Gasteiger partial charge in [-0.3, -0.25) is 9.97 Å². The number of phenols is 1. The number of aromatic hydroxyl groups is 1. The SMILES string of the molecule is CC(C)(C)[Si](C)(C)C.CC(C)(C)[Si](C)(C)Oc1cccc(-c2ccccn2)c1.Oc1cccc(-c2ccccn2)c1. The summed E-state index contributed by atoms with van der Waals surface area (Å²) in [5, 5.41) is 10.0. The molecule has 0 aliphatic heterocycles. The lowest BCUT2D eigenvalue weighted by atomic mass is 10.1. The Bertz CT molecular complexity index is 1330. The fourth-order valence-electron chi connectivity index (χ4n) is 2.90. The topological polar surface area (TPSA) is 55.2 Å². The van der Waals surface area contributed by atoms with E-state index in [1.807, 2.05) is 60.8 Å². The summed E-state index contributed by atoms with van der Waals surface area (Å²) >= 11 is 0. The lowest BCUT2D eigenvalue weighted by Gasteiger charge is -2.36. The van der Waals surface area contributed by atoms with Crippen LogP contribution in [0.15, 0.2) is 97.3 Å². The van der Waals surface area contributed by atoms with E-state index in [0.29, 0.717) is 5.04 Å². The lowest BCUT2D eigenvalue weighted by Crippen LogP contribution is -2.43. The fraction of sp³-hybridized carbons (Fsp3) is 0.371. The third-order valence-electron chi connectivity index (χ3n) is 8.03. The number of pyridine rings is 2. The molecule has 0 aliphatic rings. The van der Waals surface area contributed by atoms with Gasteiger partial charge >= 0.3 is 0 Å². The van der Waals surface area contributed by atoms with Crippen LogP contribution >= 0.6 is 0 Å². The summed E-state index contributed by atoms with van der Waals surface area (Å²) in [5.74, 6) is 1.21. The minimum Gasteiger partial charge on any atom is -0.543 e. The van der Waals surface area contributed by atoms with Gasteiger partial charge < -0.3 is 9.53 Å². The lowest BCUT2D eigenvalue weighted by molar-refractivity contribution is 0.475. The van der Waals surface area contributed by atoms with E-state index in [2.05, 4.69) is 96.4 Å². The Morgan fingerprint density at radius 1 is 0.585 bits per heavy atom. The Hall–Kier alpha value is -3.23. The van der Waals surface area contributed by atoms with Crippen molar-refractivity contribution >= 4 is 16.4 Å². The van der Waals surface area contributed by atoms with Gasteiger partial charge in [-0.1, -0.05) is 97.6 Å². The minimum atomic E-state index is -1.79. The van der Waals surface area contributed by atoms with E-state index < -0.39 is 16.4 Å². The van der Waals surface area contributed by atoms with Gasteiger partial charge in [-0.05, 0) is 71.7 Å². The Morgan fingerprint density at radius 3 is 1.44 bits per heavy atom. The molecule has 0 radical (unpaired) electrons. The molecule has 220 valence electrons. The highest BCUT2D eigenvalue weighted by Crippen LogP contribution is 2.38. The summed E-state index contributed by atoms with van der Waals surface area (Å²) in [6.07, 6.45) is 3.55. The molecule has 2 aromatic heterocycles. The van der Waals surface area contributed by atoms with Gasteiger partial charge in [0.1, 0.15) is 11.5 Å². The van der Waals surface area contributed by atoms with Crippen molar-refractivity contribution < 1.29 is 9.53 Å². The first-order chi connectivity index (χ1) is 18.9. The van der Waals surface area contributed by atoms with E-state index in [1.54, 1.807) is 24.4 Å². The van der Waals surface area contributed by atoms with Crippen molar-refractivity contribution in [3.05, 3.63) is 97.3 Å². The van der Waals surface area contributed by atoms with Gasteiger partial charge in [-0.2, -0.15) is 0 Å². The van der Waals surface area contributed by atoms with Crippen molar-refractivity contribution in [2.24, 2.45) is 0 Å². The van der Waals surface area contributed by atoms with Crippen molar-refractivity contribution in [1.82, 2.24) is 9.97 Å². The summed E-state index contributed by atoms with van der Waals surface area (Å²) in [5.41, 5.74) is 3.88. The normalized spacial score (nSPS) is 11.9. The highest BCUT2D eigenvalue weighted by Gasteiger charge is 2.39. The van der Waals surface area contributed by atoms with Crippen LogP contribution in [0.1, 0.15) is 41.5 Å². The van der Waals surface area contributed by atoms with E-state index in [4.69, 9.17) is 4.43 Å². The van der Waals surface area contributed by atoms with Gasteiger partial charge in [0.05, 0.1) is 11.4 Å². The first-order valence-electron chi connectivity index (χ1n) is 14.3. The maximum atomic E-state index is 9.25. The average molecular weight is 587 g/mol. The third-order valence-corrected chi connectivity index (χ3v) is 16.9. The van der Waals surface area contributed by atoms with Gasteiger partial charge in [0.25, 0.3) is 0 Å². The second-order valence-corrected chi connectivity index (χ2v) is 24.6. The Kier molecular flexibility index (Phi) is 11.7. The third kappa shape index (κ3) is 10.9. The molecule has 0 saturated heterocycles. The monoisotopic (exact) mass is 586 g/mol. The summed E-state index contributed by atoms with van der Waals surface area (Å²) in [7, 11) is -2.65. The van der Waals surface area contributed by atoms with Crippen molar-refractivity contribution in [1.29, 1.82) is 0 Å². The molecule has 2 heterocycles. The second-order valence-electron chi connectivity index (χ2n) is 13.9. The quantitative estimate of drug-likeness (QED) is 0.242. The molecule has 0 spiro atoms.